The minimum atomic E-state index is -0.918. The van der Waals surface area contributed by atoms with E-state index in [1.807, 2.05) is 0 Å². The van der Waals surface area contributed by atoms with E-state index in [0.29, 0.717) is 6.42 Å². The van der Waals surface area contributed by atoms with E-state index in [1.165, 1.54) is 30.3 Å². The second-order valence-corrected chi connectivity index (χ2v) is 4.63. The Labute approximate surface area is 119 Å². The van der Waals surface area contributed by atoms with Crippen molar-refractivity contribution >= 4 is 17.1 Å². The quantitative estimate of drug-likeness (QED) is 0.782. The third kappa shape index (κ3) is 2.41. The van der Waals surface area contributed by atoms with Gasteiger partial charge in [-0.25, -0.2) is 4.79 Å². The fourth-order valence-electron chi connectivity index (χ4n) is 2.18. The maximum atomic E-state index is 12.3. The van der Waals surface area contributed by atoms with E-state index in [0.717, 1.165) is 4.57 Å². The van der Waals surface area contributed by atoms with Crippen LogP contribution < -0.4 is 16.0 Å². The zero-order valence-electron chi connectivity index (χ0n) is 12.0. The van der Waals surface area contributed by atoms with Crippen molar-refractivity contribution in [1.82, 2.24) is 18.7 Å². The smallest absolute Gasteiger partial charge is 0.332 e. The molecule has 0 atom stereocenters. The van der Waals surface area contributed by atoms with Crippen LogP contribution in [-0.2, 0) is 25.4 Å². The minimum Gasteiger partial charge on any atom is -0.481 e. The second kappa shape index (κ2) is 5.43. The molecule has 0 spiro atoms. The van der Waals surface area contributed by atoms with Crippen molar-refractivity contribution in [3.63, 3.8) is 0 Å². The van der Waals surface area contributed by atoms with Gasteiger partial charge >= 0.3 is 11.7 Å². The molecule has 0 radical (unpaired) electrons. The summed E-state index contributed by atoms with van der Waals surface area (Å²) in [5, 5.41) is 8.69. The van der Waals surface area contributed by atoms with E-state index in [-0.39, 0.29) is 30.1 Å². The van der Waals surface area contributed by atoms with Crippen molar-refractivity contribution < 1.29 is 14.6 Å². The van der Waals surface area contributed by atoms with Crippen LogP contribution >= 0.6 is 0 Å². The monoisotopic (exact) mass is 296 g/mol. The number of aliphatic carboxylic acids is 1. The Balaban J connectivity index is 2.66. The summed E-state index contributed by atoms with van der Waals surface area (Å²) in [6.45, 7) is 0.263. The van der Waals surface area contributed by atoms with Crippen molar-refractivity contribution in [2.75, 3.05) is 7.11 Å². The summed E-state index contributed by atoms with van der Waals surface area (Å²) in [6.07, 6.45) is 0.290. The molecule has 0 saturated heterocycles. The molecule has 0 amide bonds. The van der Waals surface area contributed by atoms with Crippen molar-refractivity contribution in [2.45, 2.75) is 19.4 Å². The number of carboxylic acid groups (broad SMARTS) is 1. The fourth-order valence-corrected chi connectivity index (χ4v) is 2.18. The van der Waals surface area contributed by atoms with Crippen molar-refractivity contribution in [3.8, 4) is 6.01 Å². The summed E-state index contributed by atoms with van der Waals surface area (Å²) in [5.41, 5.74) is -0.526. The van der Waals surface area contributed by atoms with E-state index in [2.05, 4.69) is 4.98 Å². The second-order valence-electron chi connectivity index (χ2n) is 4.63. The summed E-state index contributed by atoms with van der Waals surface area (Å²) in [6, 6.07) is 0.175. The van der Waals surface area contributed by atoms with Crippen LogP contribution in [0.2, 0.25) is 0 Å². The molecule has 2 rings (SSSR count). The largest absolute Gasteiger partial charge is 0.481 e. The highest BCUT2D eigenvalue weighted by atomic mass is 16.5. The third-order valence-electron chi connectivity index (χ3n) is 3.27. The Morgan fingerprint density at radius 1 is 1.29 bits per heavy atom. The van der Waals surface area contributed by atoms with Crippen LogP contribution in [0.3, 0.4) is 0 Å². The molecule has 1 N–H and O–H groups in total. The van der Waals surface area contributed by atoms with Crippen LogP contribution in [-0.4, -0.2) is 36.9 Å². The van der Waals surface area contributed by atoms with Crippen LogP contribution in [0.4, 0.5) is 0 Å². The normalized spacial score (nSPS) is 11.0. The molecule has 114 valence electrons. The van der Waals surface area contributed by atoms with Crippen molar-refractivity contribution in [2.24, 2.45) is 14.1 Å². The van der Waals surface area contributed by atoms with E-state index in [1.54, 1.807) is 0 Å². The van der Waals surface area contributed by atoms with E-state index in [4.69, 9.17) is 9.84 Å². The lowest BCUT2D eigenvalue weighted by molar-refractivity contribution is -0.137. The van der Waals surface area contributed by atoms with Gasteiger partial charge in [-0.05, 0) is 6.42 Å². The van der Waals surface area contributed by atoms with E-state index < -0.39 is 17.2 Å². The summed E-state index contributed by atoms with van der Waals surface area (Å²) < 4.78 is 8.86. The number of aromatic nitrogens is 4. The minimum absolute atomic E-state index is 0.0328. The number of methoxy groups -OCH3 is 1. The number of imidazole rings is 1. The molecule has 9 heteroatoms. The number of rotatable bonds is 5. The molecule has 2 heterocycles. The predicted molar refractivity (Wildman–Crippen MR) is 73.6 cm³/mol. The molecule has 0 bridgehead atoms. The number of aryl methyl sites for hydroxylation is 2. The van der Waals surface area contributed by atoms with Gasteiger partial charge in [0.1, 0.15) is 0 Å². The summed E-state index contributed by atoms with van der Waals surface area (Å²) >= 11 is 0. The van der Waals surface area contributed by atoms with Gasteiger partial charge < -0.3 is 9.84 Å². The van der Waals surface area contributed by atoms with Gasteiger partial charge in [0.25, 0.3) is 11.6 Å². The summed E-state index contributed by atoms with van der Waals surface area (Å²) in [7, 11) is 4.29. The maximum Gasteiger partial charge on any atom is 0.332 e. The van der Waals surface area contributed by atoms with Gasteiger partial charge in [-0.1, -0.05) is 0 Å². The van der Waals surface area contributed by atoms with Gasteiger partial charge in [0.15, 0.2) is 11.2 Å². The van der Waals surface area contributed by atoms with Gasteiger partial charge in [0, 0.05) is 27.1 Å². The van der Waals surface area contributed by atoms with Gasteiger partial charge in [0.2, 0.25) is 0 Å². The van der Waals surface area contributed by atoms with Crippen LogP contribution in [0.15, 0.2) is 9.59 Å². The highest BCUT2D eigenvalue weighted by Gasteiger charge is 2.19. The molecule has 0 aliphatic heterocycles. The number of carboxylic acids is 1. The van der Waals surface area contributed by atoms with E-state index >= 15 is 0 Å². The lowest BCUT2D eigenvalue weighted by atomic mass is 10.3. The Morgan fingerprint density at radius 3 is 2.52 bits per heavy atom. The average Bonchev–Trinajstić information content (AvgIpc) is 2.81. The van der Waals surface area contributed by atoms with Gasteiger partial charge in [-0.2, -0.15) is 4.98 Å². The molecule has 9 nitrogen and oxygen atoms in total. The lowest BCUT2D eigenvalue weighted by Gasteiger charge is -2.07. The molecular formula is C12H16N4O5. The molecule has 0 saturated carbocycles. The molecule has 2 aromatic heterocycles. The zero-order valence-corrected chi connectivity index (χ0v) is 12.0. The first-order valence-corrected chi connectivity index (χ1v) is 6.30. The van der Waals surface area contributed by atoms with Crippen LogP contribution in [0.5, 0.6) is 6.01 Å². The SMILES string of the molecule is COc1nc2c(c(=O)n(C)c(=O)n2C)n1CCCC(=O)O. The van der Waals surface area contributed by atoms with Crippen molar-refractivity contribution in [3.05, 3.63) is 20.8 Å². The number of hydrogen-bond acceptors (Lipinski definition) is 5. The summed E-state index contributed by atoms with van der Waals surface area (Å²) in [4.78, 5) is 38.9. The highest BCUT2D eigenvalue weighted by molar-refractivity contribution is 5.72. The van der Waals surface area contributed by atoms with Crippen LogP contribution in [0, 0.1) is 0 Å². The molecule has 0 aromatic carbocycles. The molecule has 2 aromatic rings. The Hall–Kier alpha value is -2.58. The molecular weight excluding hydrogens is 280 g/mol. The first kappa shape index (κ1) is 14.8. The van der Waals surface area contributed by atoms with Gasteiger partial charge in [-0.15, -0.1) is 0 Å². The Bertz CT molecular complexity index is 814. The Kier molecular flexibility index (Phi) is 3.83. The number of nitrogens with zero attached hydrogens (tertiary/aromatic N) is 4. The van der Waals surface area contributed by atoms with Crippen molar-refractivity contribution in [1.29, 1.82) is 0 Å². The standard InChI is InChI=1S/C12H16N4O5/c1-14-9-8(10(19)15(2)12(14)20)16(11(13-9)21-3)6-4-5-7(17)18/h4-6H2,1-3H3,(H,17,18). The van der Waals surface area contributed by atoms with Crippen LogP contribution in [0.25, 0.3) is 11.2 Å². The summed E-state index contributed by atoms with van der Waals surface area (Å²) in [5.74, 6) is -0.918. The average molecular weight is 296 g/mol. The fraction of sp³-hybridized carbons (Fsp3) is 0.500. The molecule has 0 aliphatic rings. The predicted octanol–water partition coefficient (Wildman–Crippen LogP) is -0.693. The number of hydrogen-bond donors (Lipinski definition) is 1. The molecule has 0 fully saturated rings. The maximum absolute atomic E-state index is 12.3. The molecule has 0 unspecified atom stereocenters. The lowest BCUT2D eigenvalue weighted by Crippen LogP contribution is -2.37. The number of ether oxygens (including phenoxy) is 1. The number of carbonyl (C=O) groups is 1. The molecule has 21 heavy (non-hydrogen) atoms. The number of fused-ring (bicyclic) bond motifs is 1. The Morgan fingerprint density at radius 2 is 1.95 bits per heavy atom. The highest BCUT2D eigenvalue weighted by Crippen LogP contribution is 2.18. The topological polar surface area (TPSA) is 108 Å². The first-order valence-electron chi connectivity index (χ1n) is 6.30. The zero-order chi connectivity index (χ0) is 15.7. The van der Waals surface area contributed by atoms with Gasteiger partial charge in [0.05, 0.1) is 7.11 Å². The van der Waals surface area contributed by atoms with Crippen LogP contribution in [0.1, 0.15) is 12.8 Å². The molecule has 0 aliphatic carbocycles. The van der Waals surface area contributed by atoms with E-state index in [9.17, 15) is 14.4 Å². The first-order chi connectivity index (χ1) is 9.88. The third-order valence-corrected chi connectivity index (χ3v) is 3.27. The van der Waals surface area contributed by atoms with Gasteiger partial charge in [-0.3, -0.25) is 23.3 Å².